The van der Waals surface area contributed by atoms with Gasteiger partial charge >= 0.3 is 0 Å². The molecule has 0 radical (unpaired) electrons. The third-order valence-electron chi connectivity index (χ3n) is 4.82. The molecule has 2 heterocycles. The van der Waals surface area contributed by atoms with Crippen LogP contribution in [0.15, 0.2) is 48.7 Å². The first-order chi connectivity index (χ1) is 15.0. The third-order valence-corrected chi connectivity index (χ3v) is 4.82. The van der Waals surface area contributed by atoms with Crippen LogP contribution in [-0.2, 0) is 11.8 Å². The summed E-state index contributed by atoms with van der Waals surface area (Å²) in [6.45, 7) is 2.98. The molecule has 2 aromatic carbocycles. The van der Waals surface area contributed by atoms with E-state index in [0.29, 0.717) is 53.8 Å². The van der Waals surface area contributed by atoms with Gasteiger partial charge in [0.1, 0.15) is 5.69 Å². The lowest BCUT2D eigenvalue weighted by Crippen LogP contribution is -2.13. The Balaban J connectivity index is 1.59. The van der Waals surface area contributed by atoms with Crippen LogP contribution in [0.4, 0.5) is 11.4 Å². The summed E-state index contributed by atoms with van der Waals surface area (Å²) in [6, 6.07) is 12.6. The molecule has 2 N–H and O–H groups in total. The monoisotopic (exact) mass is 420 g/mol. The highest BCUT2D eigenvalue weighted by atomic mass is 16.5. The van der Waals surface area contributed by atoms with E-state index in [-0.39, 0.29) is 11.8 Å². The van der Waals surface area contributed by atoms with Crippen molar-refractivity contribution in [1.29, 1.82) is 0 Å². The van der Waals surface area contributed by atoms with Crippen LogP contribution in [0.5, 0.6) is 11.5 Å². The SMILES string of the molecule is CCC(=O)Nc1cccc(NC(=O)c2cn(C)nc2-c2ccc3c(c2)OCCCO3)c1. The van der Waals surface area contributed by atoms with E-state index in [1.54, 1.807) is 49.1 Å². The molecule has 4 rings (SSSR count). The fourth-order valence-corrected chi connectivity index (χ4v) is 3.30. The fraction of sp³-hybridized carbons (Fsp3) is 0.261. The van der Waals surface area contributed by atoms with E-state index in [9.17, 15) is 9.59 Å². The van der Waals surface area contributed by atoms with Crippen molar-refractivity contribution in [2.24, 2.45) is 7.05 Å². The Morgan fingerprint density at radius 2 is 1.77 bits per heavy atom. The molecular formula is C23H24N4O4. The molecule has 0 fully saturated rings. The molecule has 0 saturated carbocycles. The summed E-state index contributed by atoms with van der Waals surface area (Å²) in [5.41, 5.74) is 2.94. The van der Waals surface area contributed by atoms with E-state index in [1.165, 1.54) is 0 Å². The van der Waals surface area contributed by atoms with Crippen molar-refractivity contribution in [3.05, 3.63) is 54.2 Å². The number of ether oxygens (including phenoxy) is 2. The topological polar surface area (TPSA) is 94.5 Å². The minimum absolute atomic E-state index is 0.0903. The fourth-order valence-electron chi connectivity index (χ4n) is 3.30. The number of carbonyl (C=O) groups is 2. The molecule has 3 aromatic rings. The number of nitrogens with zero attached hydrogens (tertiary/aromatic N) is 2. The summed E-state index contributed by atoms with van der Waals surface area (Å²) in [6.07, 6.45) is 2.88. The number of aryl methyl sites for hydroxylation is 1. The van der Waals surface area contributed by atoms with Gasteiger partial charge in [0.15, 0.2) is 11.5 Å². The van der Waals surface area contributed by atoms with E-state index < -0.39 is 0 Å². The molecule has 1 aromatic heterocycles. The van der Waals surface area contributed by atoms with Gasteiger partial charge in [0.2, 0.25) is 5.91 Å². The minimum Gasteiger partial charge on any atom is -0.490 e. The Bertz CT molecular complexity index is 1120. The summed E-state index contributed by atoms with van der Waals surface area (Å²) >= 11 is 0. The van der Waals surface area contributed by atoms with Gasteiger partial charge in [-0.1, -0.05) is 13.0 Å². The minimum atomic E-state index is -0.297. The first-order valence-corrected chi connectivity index (χ1v) is 10.2. The van der Waals surface area contributed by atoms with Gasteiger partial charge in [0, 0.05) is 43.0 Å². The molecule has 0 atom stereocenters. The first kappa shape index (κ1) is 20.5. The average molecular weight is 420 g/mol. The Kier molecular flexibility index (Phi) is 5.88. The molecule has 2 amide bonds. The van der Waals surface area contributed by atoms with Crippen molar-refractivity contribution in [2.75, 3.05) is 23.8 Å². The second-order valence-corrected chi connectivity index (χ2v) is 7.21. The Morgan fingerprint density at radius 3 is 2.55 bits per heavy atom. The van der Waals surface area contributed by atoms with Crippen LogP contribution in [0.2, 0.25) is 0 Å². The van der Waals surface area contributed by atoms with Crippen LogP contribution in [0.1, 0.15) is 30.1 Å². The maximum atomic E-state index is 13.0. The normalized spacial score (nSPS) is 12.7. The predicted octanol–water partition coefficient (Wildman–Crippen LogP) is 3.85. The zero-order valence-electron chi connectivity index (χ0n) is 17.5. The van der Waals surface area contributed by atoms with E-state index >= 15 is 0 Å². The van der Waals surface area contributed by atoms with Crippen molar-refractivity contribution in [3.63, 3.8) is 0 Å². The summed E-state index contributed by atoms with van der Waals surface area (Å²) < 4.78 is 13.1. The molecule has 0 saturated heterocycles. The summed E-state index contributed by atoms with van der Waals surface area (Å²) in [4.78, 5) is 24.7. The van der Waals surface area contributed by atoms with Crippen molar-refractivity contribution in [1.82, 2.24) is 9.78 Å². The van der Waals surface area contributed by atoms with Gasteiger partial charge in [-0.25, -0.2) is 0 Å². The van der Waals surface area contributed by atoms with E-state index in [0.717, 1.165) is 12.0 Å². The van der Waals surface area contributed by atoms with E-state index in [1.807, 2.05) is 18.2 Å². The lowest BCUT2D eigenvalue weighted by atomic mass is 10.1. The zero-order valence-corrected chi connectivity index (χ0v) is 17.5. The second kappa shape index (κ2) is 8.91. The molecule has 0 aliphatic carbocycles. The number of amides is 2. The van der Waals surface area contributed by atoms with Crippen molar-refractivity contribution in [2.45, 2.75) is 19.8 Å². The van der Waals surface area contributed by atoms with Gasteiger partial charge in [-0.05, 0) is 36.4 Å². The molecule has 31 heavy (non-hydrogen) atoms. The van der Waals surface area contributed by atoms with Crippen LogP contribution in [-0.4, -0.2) is 34.8 Å². The predicted molar refractivity (Wildman–Crippen MR) is 118 cm³/mol. The molecule has 0 bridgehead atoms. The highest BCUT2D eigenvalue weighted by Gasteiger charge is 2.20. The van der Waals surface area contributed by atoms with E-state index in [4.69, 9.17) is 9.47 Å². The first-order valence-electron chi connectivity index (χ1n) is 10.2. The molecule has 160 valence electrons. The lowest BCUT2D eigenvalue weighted by molar-refractivity contribution is -0.115. The number of nitrogens with one attached hydrogen (secondary N) is 2. The largest absolute Gasteiger partial charge is 0.490 e. The summed E-state index contributed by atoms with van der Waals surface area (Å²) in [5, 5.41) is 10.2. The number of hydrogen-bond acceptors (Lipinski definition) is 5. The number of hydrogen-bond donors (Lipinski definition) is 2. The molecule has 1 aliphatic heterocycles. The second-order valence-electron chi connectivity index (χ2n) is 7.21. The van der Waals surface area contributed by atoms with E-state index in [2.05, 4.69) is 15.7 Å². The Hall–Kier alpha value is -3.81. The van der Waals surface area contributed by atoms with Crippen LogP contribution in [0, 0.1) is 0 Å². The number of aromatic nitrogens is 2. The van der Waals surface area contributed by atoms with Crippen LogP contribution in [0.3, 0.4) is 0 Å². The lowest BCUT2D eigenvalue weighted by Gasteiger charge is -2.10. The van der Waals surface area contributed by atoms with Crippen molar-refractivity contribution < 1.29 is 19.1 Å². The van der Waals surface area contributed by atoms with Gasteiger partial charge in [0.05, 0.1) is 18.8 Å². The molecule has 1 aliphatic rings. The Morgan fingerprint density at radius 1 is 1.03 bits per heavy atom. The molecular weight excluding hydrogens is 396 g/mol. The highest BCUT2D eigenvalue weighted by molar-refractivity contribution is 6.08. The number of fused-ring (bicyclic) bond motifs is 1. The Labute approximate surface area is 180 Å². The maximum absolute atomic E-state index is 13.0. The van der Waals surface area contributed by atoms with Crippen LogP contribution < -0.4 is 20.1 Å². The summed E-state index contributed by atoms with van der Waals surface area (Å²) in [7, 11) is 1.77. The maximum Gasteiger partial charge on any atom is 0.259 e. The molecule has 0 unspecified atom stereocenters. The third kappa shape index (κ3) is 4.69. The van der Waals surface area contributed by atoms with Crippen molar-refractivity contribution in [3.8, 4) is 22.8 Å². The van der Waals surface area contributed by atoms with Gasteiger partial charge in [-0.3, -0.25) is 14.3 Å². The molecule has 0 spiro atoms. The number of carbonyl (C=O) groups excluding carboxylic acids is 2. The van der Waals surface area contributed by atoms with Crippen LogP contribution in [0.25, 0.3) is 11.3 Å². The number of benzene rings is 2. The molecule has 8 nitrogen and oxygen atoms in total. The quantitative estimate of drug-likeness (QED) is 0.654. The smallest absolute Gasteiger partial charge is 0.259 e. The average Bonchev–Trinajstić information content (AvgIpc) is 3.00. The highest BCUT2D eigenvalue weighted by Crippen LogP contribution is 2.35. The van der Waals surface area contributed by atoms with Crippen molar-refractivity contribution >= 4 is 23.2 Å². The van der Waals surface area contributed by atoms with Crippen LogP contribution >= 0.6 is 0 Å². The van der Waals surface area contributed by atoms with Gasteiger partial charge in [-0.15, -0.1) is 0 Å². The van der Waals surface area contributed by atoms with Gasteiger partial charge in [-0.2, -0.15) is 5.10 Å². The number of rotatable bonds is 5. The molecule has 8 heteroatoms. The summed E-state index contributed by atoms with van der Waals surface area (Å²) in [5.74, 6) is 0.946. The van der Waals surface area contributed by atoms with Gasteiger partial charge in [0.25, 0.3) is 5.91 Å². The van der Waals surface area contributed by atoms with Gasteiger partial charge < -0.3 is 20.1 Å². The standard InChI is InChI=1S/C23H24N4O4/c1-3-21(28)24-16-6-4-7-17(13-16)25-23(29)18-14-27(2)26-22(18)15-8-9-19-20(12-15)31-11-5-10-30-19/h4,6-9,12-14H,3,5,10-11H2,1-2H3,(H,24,28)(H,25,29). The zero-order chi connectivity index (χ0) is 21.8. The number of anilines is 2.